The molecule has 0 aromatic heterocycles. The number of carbonyl (C=O) groups is 2. The van der Waals surface area contributed by atoms with Crippen molar-refractivity contribution in [2.24, 2.45) is 0 Å². The highest BCUT2D eigenvalue weighted by Crippen LogP contribution is 2.30. The van der Waals surface area contributed by atoms with Crippen LogP contribution in [0.1, 0.15) is 27.2 Å². The van der Waals surface area contributed by atoms with Gasteiger partial charge in [0.1, 0.15) is 0 Å². The number of rotatable bonds is 5. The maximum atomic E-state index is 12.1. The Hall–Kier alpha value is -1.61. The molecule has 0 spiro atoms. The fourth-order valence-corrected chi connectivity index (χ4v) is 1.65. The minimum absolute atomic E-state index is 0.0675. The highest BCUT2D eigenvalue weighted by atomic mass is 19.4. The van der Waals surface area contributed by atoms with E-state index < -0.39 is 42.5 Å². The third-order valence-corrected chi connectivity index (χ3v) is 2.89. The van der Waals surface area contributed by atoms with Gasteiger partial charge in [-0.3, -0.25) is 4.79 Å². The summed E-state index contributed by atoms with van der Waals surface area (Å²) in [4.78, 5) is 23.3. The van der Waals surface area contributed by atoms with Crippen molar-refractivity contribution < 1.29 is 41.7 Å². The maximum absolute atomic E-state index is 12.1. The van der Waals surface area contributed by atoms with Crippen molar-refractivity contribution in [3.63, 3.8) is 0 Å². The van der Waals surface area contributed by atoms with Crippen LogP contribution in [0.4, 0.5) is 13.2 Å². The first kappa shape index (κ1) is 19.4. The van der Waals surface area contributed by atoms with Gasteiger partial charge in [0.2, 0.25) is 0 Å². The molecule has 0 aromatic rings. The summed E-state index contributed by atoms with van der Waals surface area (Å²) in [7, 11) is 0. The van der Waals surface area contributed by atoms with Crippen LogP contribution in [0.5, 0.6) is 0 Å². The molecule has 1 heterocycles. The monoisotopic (exact) mass is 340 g/mol. The standard InChI is InChI=1S/C14H19F3O6/c1-9(2)11(19)23-13(6-21-12(3,4)22-7-13)5-10(18)20-8-14(15,16)17/h1,5-8H2,2-4H3. The van der Waals surface area contributed by atoms with Crippen LogP contribution < -0.4 is 0 Å². The average Bonchev–Trinajstić information content (AvgIpc) is 2.39. The zero-order chi connectivity index (χ0) is 17.9. The number of hydrogen-bond donors (Lipinski definition) is 0. The van der Waals surface area contributed by atoms with Gasteiger partial charge in [0.05, 0.1) is 19.6 Å². The molecule has 1 aliphatic heterocycles. The zero-order valence-electron chi connectivity index (χ0n) is 13.1. The van der Waals surface area contributed by atoms with Crippen LogP contribution in [0.25, 0.3) is 0 Å². The topological polar surface area (TPSA) is 71.1 Å². The molecule has 23 heavy (non-hydrogen) atoms. The van der Waals surface area contributed by atoms with Crippen LogP contribution in [0.15, 0.2) is 12.2 Å². The van der Waals surface area contributed by atoms with Gasteiger partial charge in [-0.1, -0.05) is 6.58 Å². The normalized spacial score (nSPS) is 19.7. The van der Waals surface area contributed by atoms with E-state index in [1.807, 2.05) is 0 Å². The molecule has 1 fully saturated rings. The van der Waals surface area contributed by atoms with Crippen LogP contribution in [0, 0.1) is 0 Å². The molecule has 0 atom stereocenters. The highest BCUT2D eigenvalue weighted by Gasteiger charge is 2.46. The Balaban J connectivity index is 2.78. The van der Waals surface area contributed by atoms with E-state index in [2.05, 4.69) is 11.3 Å². The zero-order valence-corrected chi connectivity index (χ0v) is 13.1. The van der Waals surface area contributed by atoms with Crippen LogP contribution in [0.3, 0.4) is 0 Å². The van der Waals surface area contributed by atoms with E-state index in [1.54, 1.807) is 13.8 Å². The molecule has 132 valence electrons. The molecule has 1 aliphatic rings. The van der Waals surface area contributed by atoms with Gasteiger partial charge >= 0.3 is 18.1 Å². The smallest absolute Gasteiger partial charge is 0.422 e. The molecule has 0 saturated carbocycles. The van der Waals surface area contributed by atoms with Crippen molar-refractivity contribution in [3.05, 3.63) is 12.2 Å². The predicted octanol–water partition coefficient (Wildman–Crippen LogP) is 2.12. The van der Waals surface area contributed by atoms with Gasteiger partial charge in [-0.15, -0.1) is 0 Å². The molecule has 1 rings (SSSR count). The molecule has 0 aromatic carbocycles. The molecule has 9 heteroatoms. The van der Waals surface area contributed by atoms with Gasteiger partial charge in [-0.2, -0.15) is 13.2 Å². The van der Waals surface area contributed by atoms with Crippen LogP contribution >= 0.6 is 0 Å². The van der Waals surface area contributed by atoms with Gasteiger partial charge in [0, 0.05) is 5.57 Å². The van der Waals surface area contributed by atoms with Crippen molar-refractivity contribution >= 4 is 11.9 Å². The summed E-state index contributed by atoms with van der Waals surface area (Å²) >= 11 is 0. The van der Waals surface area contributed by atoms with Crippen molar-refractivity contribution in [3.8, 4) is 0 Å². The van der Waals surface area contributed by atoms with Crippen LogP contribution in [0.2, 0.25) is 0 Å². The first-order valence-electron chi connectivity index (χ1n) is 6.73. The Labute approximate surface area is 131 Å². The minimum Gasteiger partial charge on any atom is -0.456 e. The lowest BCUT2D eigenvalue weighted by Gasteiger charge is -2.42. The van der Waals surface area contributed by atoms with Gasteiger partial charge in [-0.25, -0.2) is 4.79 Å². The second kappa shape index (κ2) is 6.88. The molecular formula is C14H19F3O6. The van der Waals surface area contributed by atoms with Gasteiger partial charge in [0.25, 0.3) is 0 Å². The molecule has 0 N–H and O–H groups in total. The summed E-state index contributed by atoms with van der Waals surface area (Å²) in [5.41, 5.74) is -1.49. The van der Waals surface area contributed by atoms with Gasteiger partial charge < -0.3 is 18.9 Å². The van der Waals surface area contributed by atoms with E-state index in [-0.39, 0.29) is 18.8 Å². The Bertz CT molecular complexity index is 473. The van der Waals surface area contributed by atoms with E-state index in [4.69, 9.17) is 14.2 Å². The van der Waals surface area contributed by atoms with E-state index >= 15 is 0 Å². The number of alkyl halides is 3. The van der Waals surface area contributed by atoms with Crippen LogP contribution in [-0.2, 0) is 28.5 Å². The SMILES string of the molecule is C=C(C)C(=O)OC1(CC(=O)OCC(F)(F)F)COC(C)(C)OC1. The Kier molecular flexibility index (Phi) is 5.81. The predicted molar refractivity (Wildman–Crippen MR) is 71.3 cm³/mol. The number of esters is 2. The largest absolute Gasteiger partial charge is 0.456 e. The number of carbonyl (C=O) groups excluding carboxylic acids is 2. The first-order chi connectivity index (χ1) is 10.3. The summed E-state index contributed by atoms with van der Waals surface area (Å²) in [6.07, 6.45) is -5.27. The Morgan fingerprint density at radius 3 is 2.17 bits per heavy atom. The Morgan fingerprint density at radius 1 is 1.22 bits per heavy atom. The summed E-state index contributed by atoms with van der Waals surface area (Å²) in [5, 5.41) is 0. The van der Waals surface area contributed by atoms with E-state index in [1.165, 1.54) is 6.92 Å². The van der Waals surface area contributed by atoms with Crippen molar-refractivity contribution in [1.29, 1.82) is 0 Å². The lowest BCUT2D eigenvalue weighted by atomic mass is 10.00. The minimum atomic E-state index is -4.64. The summed E-state index contributed by atoms with van der Waals surface area (Å²) in [6.45, 7) is 5.86. The molecular weight excluding hydrogens is 321 g/mol. The van der Waals surface area contributed by atoms with Gasteiger partial charge in [0.15, 0.2) is 18.0 Å². The quantitative estimate of drug-likeness (QED) is 0.564. The molecule has 1 saturated heterocycles. The molecule has 0 aliphatic carbocycles. The Morgan fingerprint density at radius 2 is 1.74 bits per heavy atom. The summed E-state index contributed by atoms with van der Waals surface area (Å²) in [6, 6.07) is 0. The second-order valence-electron chi connectivity index (χ2n) is 5.78. The van der Waals surface area contributed by atoms with E-state index in [9.17, 15) is 22.8 Å². The van der Waals surface area contributed by atoms with Crippen molar-refractivity contribution in [2.45, 2.75) is 44.8 Å². The summed E-state index contributed by atoms with van der Waals surface area (Å²) < 4.78 is 56.3. The molecule has 0 unspecified atom stereocenters. The van der Waals surface area contributed by atoms with Crippen molar-refractivity contribution in [1.82, 2.24) is 0 Å². The number of halogens is 3. The van der Waals surface area contributed by atoms with E-state index in [0.29, 0.717) is 0 Å². The highest BCUT2D eigenvalue weighted by molar-refractivity contribution is 5.87. The molecule has 0 bridgehead atoms. The maximum Gasteiger partial charge on any atom is 0.422 e. The lowest BCUT2D eigenvalue weighted by Crippen LogP contribution is -2.55. The van der Waals surface area contributed by atoms with Crippen LogP contribution in [-0.4, -0.2) is 49.3 Å². The number of hydrogen-bond acceptors (Lipinski definition) is 6. The first-order valence-corrected chi connectivity index (χ1v) is 6.73. The average molecular weight is 340 g/mol. The van der Waals surface area contributed by atoms with E-state index in [0.717, 1.165) is 0 Å². The third-order valence-electron chi connectivity index (χ3n) is 2.89. The molecule has 0 amide bonds. The molecule has 6 nitrogen and oxygen atoms in total. The number of ether oxygens (including phenoxy) is 4. The van der Waals surface area contributed by atoms with Gasteiger partial charge in [-0.05, 0) is 20.8 Å². The fraction of sp³-hybridized carbons (Fsp3) is 0.714. The fourth-order valence-electron chi connectivity index (χ4n) is 1.65. The lowest BCUT2D eigenvalue weighted by molar-refractivity contribution is -0.304. The second-order valence-corrected chi connectivity index (χ2v) is 5.78. The molecule has 0 radical (unpaired) electrons. The van der Waals surface area contributed by atoms with Crippen molar-refractivity contribution in [2.75, 3.05) is 19.8 Å². The summed E-state index contributed by atoms with van der Waals surface area (Å²) in [5.74, 6) is -2.95. The third kappa shape index (κ3) is 6.57.